The first-order valence-corrected chi connectivity index (χ1v) is 9.69. The van der Waals surface area contributed by atoms with Crippen LogP contribution in [-0.4, -0.2) is 36.1 Å². The van der Waals surface area contributed by atoms with E-state index in [4.69, 9.17) is 23.2 Å². The summed E-state index contributed by atoms with van der Waals surface area (Å²) in [5.41, 5.74) is 1.65. The van der Waals surface area contributed by atoms with Crippen LogP contribution in [0.1, 0.15) is 18.2 Å². The van der Waals surface area contributed by atoms with Gasteiger partial charge in [-0.05, 0) is 30.7 Å². The van der Waals surface area contributed by atoms with E-state index in [1.165, 1.54) is 12.1 Å². The molecule has 0 radical (unpaired) electrons. The molecule has 0 aliphatic carbocycles. The molecule has 0 fully saturated rings. The van der Waals surface area contributed by atoms with Crippen molar-refractivity contribution in [3.8, 4) is 0 Å². The number of nitrogens with zero attached hydrogens (tertiary/aromatic N) is 2. The van der Waals surface area contributed by atoms with Crippen molar-refractivity contribution >= 4 is 35.1 Å². The van der Waals surface area contributed by atoms with Crippen LogP contribution in [0.15, 0.2) is 35.3 Å². The zero-order valence-electron chi connectivity index (χ0n) is 15.9. The summed E-state index contributed by atoms with van der Waals surface area (Å²) in [7, 11) is 1.83. The van der Waals surface area contributed by atoms with Crippen LogP contribution in [0, 0.1) is 5.82 Å². The van der Waals surface area contributed by atoms with E-state index in [2.05, 4.69) is 20.9 Å². The predicted octanol–water partition coefficient (Wildman–Crippen LogP) is 2.89. The fraction of sp³-hybridized carbons (Fsp3) is 0.368. The molecule has 0 aliphatic rings. The normalized spacial score (nSPS) is 11.4. The highest BCUT2D eigenvalue weighted by molar-refractivity contribution is 6.41. The van der Waals surface area contributed by atoms with Crippen molar-refractivity contribution < 1.29 is 9.18 Å². The van der Waals surface area contributed by atoms with E-state index in [0.717, 1.165) is 11.3 Å². The molecule has 1 aromatic heterocycles. The molecule has 0 atom stereocenters. The molecule has 2 aromatic rings. The molecule has 0 bridgehead atoms. The number of carbonyl (C=O) groups excluding carboxylic acids is 1. The number of hydrogen-bond donors (Lipinski definition) is 3. The van der Waals surface area contributed by atoms with Gasteiger partial charge in [0.2, 0.25) is 5.91 Å². The van der Waals surface area contributed by atoms with Crippen molar-refractivity contribution in [1.82, 2.24) is 20.5 Å². The van der Waals surface area contributed by atoms with E-state index < -0.39 is 0 Å². The zero-order valence-corrected chi connectivity index (χ0v) is 17.4. The Morgan fingerprint density at radius 3 is 2.43 bits per heavy atom. The first-order chi connectivity index (χ1) is 13.4. The number of aromatic nitrogens is 1. The van der Waals surface area contributed by atoms with E-state index in [9.17, 15) is 9.18 Å². The maximum Gasteiger partial charge on any atom is 0.224 e. The SMILES string of the molecule is CCNC(=NCc1cc(Cl)c(Cl)n1C)NCCNC(=O)Cc1ccc(F)cc1. The summed E-state index contributed by atoms with van der Waals surface area (Å²) < 4.78 is 14.7. The molecule has 0 saturated heterocycles. The van der Waals surface area contributed by atoms with E-state index in [1.807, 2.05) is 14.0 Å². The lowest BCUT2D eigenvalue weighted by atomic mass is 10.1. The lowest BCUT2D eigenvalue weighted by molar-refractivity contribution is -0.120. The third-order valence-corrected chi connectivity index (χ3v) is 4.82. The molecule has 28 heavy (non-hydrogen) atoms. The summed E-state index contributed by atoms with van der Waals surface area (Å²) in [6.45, 7) is 4.03. The number of guanidine groups is 1. The fourth-order valence-electron chi connectivity index (χ4n) is 2.48. The summed E-state index contributed by atoms with van der Waals surface area (Å²) in [4.78, 5) is 16.4. The highest BCUT2D eigenvalue weighted by Gasteiger charge is 2.09. The van der Waals surface area contributed by atoms with Crippen molar-refractivity contribution in [2.75, 3.05) is 19.6 Å². The van der Waals surface area contributed by atoms with Gasteiger partial charge in [0.25, 0.3) is 0 Å². The molecular weight excluding hydrogens is 404 g/mol. The molecule has 0 spiro atoms. The zero-order chi connectivity index (χ0) is 20.5. The predicted molar refractivity (Wildman–Crippen MR) is 111 cm³/mol. The average molecular weight is 428 g/mol. The quantitative estimate of drug-likeness (QED) is 0.344. The third-order valence-electron chi connectivity index (χ3n) is 3.98. The van der Waals surface area contributed by atoms with E-state index in [-0.39, 0.29) is 18.1 Å². The molecule has 0 unspecified atom stereocenters. The maximum absolute atomic E-state index is 12.9. The van der Waals surface area contributed by atoms with Crippen molar-refractivity contribution in [3.05, 3.63) is 57.6 Å². The number of hydrogen-bond acceptors (Lipinski definition) is 2. The van der Waals surface area contributed by atoms with Crippen LogP contribution in [0.4, 0.5) is 4.39 Å². The van der Waals surface area contributed by atoms with Gasteiger partial charge in [-0.3, -0.25) is 4.79 Å². The Bertz CT molecular complexity index is 820. The molecule has 2 rings (SSSR count). The van der Waals surface area contributed by atoms with E-state index in [1.54, 1.807) is 22.8 Å². The van der Waals surface area contributed by atoms with Crippen LogP contribution in [0.25, 0.3) is 0 Å². The molecule has 3 N–H and O–H groups in total. The van der Waals surface area contributed by atoms with Crippen LogP contribution < -0.4 is 16.0 Å². The Labute approximate surface area is 174 Å². The molecule has 1 amide bonds. The van der Waals surface area contributed by atoms with Gasteiger partial charge in [-0.15, -0.1) is 0 Å². The first kappa shape index (κ1) is 22.0. The second-order valence-electron chi connectivity index (χ2n) is 6.11. The first-order valence-electron chi connectivity index (χ1n) is 8.93. The van der Waals surface area contributed by atoms with Crippen molar-refractivity contribution in [3.63, 3.8) is 0 Å². The van der Waals surface area contributed by atoms with Gasteiger partial charge >= 0.3 is 0 Å². The Morgan fingerprint density at radius 2 is 1.82 bits per heavy atom. The molecule has 1 heterocycles. The summed E-state index contributed by atoms with van der Waals surface area (Å²) in [6, 6.07) is 7.68. The number of rotatable bonds is 8. The number of aliphatic imine (C=N–C) groups is 1. The smallest absolute Gasteiger partial charge is 0.224 e. The summed E-state index contributed by atoms with van der Waals surface area (Å²) >= 11 is 12.1. The van der Waals surface area contributed by atoms with Gasteiger partial charge in [-0.2, -0.15) is 0 Å². The minimum Gasteiger partial charge on any atom is -0.357 e. The summed E-state index contributed by atoms with van der Waals surface area (Å²) in [6.07, 6.45) is 0.212. The van der Waals surface area contributed by atoms with E-state index in [0.29, 0.717) is 42.3 Å². The van der Waals surface area contributed by atoms with Gasteiger partial charge in [-0.1, -0.05) is 35.3 Å². The van der Waals surface area contributed by atoms with Gasteiger partial charge < -0.3 is 20.5 Å². The minimum atomic E-state index is -0.316. The molecule has 0 saturated carbocycles. The highest BCUT2D eigenvalue weighted by Crippen LogP contribution is 2.25. The van der Waals surface area contributed by atoms with Crippen molar-refractivity contribution in [2.24, 2.45) is 12.0 Å². The van der Waals surface area contributed by atoms with Crippen molar-refractivity contribution in [2.45, 2.75) is 19.9 Å². The Kier molecular flexibility index (Phi) is 8.60. The Hall–Kier alpha value is -2.25. The number of carbonyl (C=O) groups is 1. The van der Waals surface area contributed by atoms with Gasteiger partial charge in [0, 0.05) is 32.4 Å². The minimum absolute atomic E-state index is 0.122. The second-order valence-corrected chi connectivity index (χ2v) is 6.87. The number of amides is 1. The van der Waals surface area contributed by atoms with Crippen molar-refractivity contribution in [1.29, 1.82) is 0 Å². The molecule has 152 valence electrons. The van der Waals surface area contributed by atoms with Crippen LogP contribution in [0.3, 0.4) is 0 Å². The number of benzene rings is 1. The van der Waals surface area contributed by atoms with E-state index >= 15 is 0 Å². The maximum atomic E-state index is 12.9. The van der Waals surface area contributed by atoms with Crippen LogP contribution >= 0.6 is 23.2 Å². The van der Waals surface area contributed by atoms with Gasteiger partial charge in [0.15, 0.2) is 5.96 Å². The van der Waals surface area contributed by atoms with Crippen LogP contribution in [-0.2, 0) is 24.8 Å². The summed E-state index contributed by atoms with van der Waals surface area (Å²) in [5.74, 6) is 0.190. The number of nitrogens with one attached hydrogen (secondary N) is 3. The van der Waals surface area contributed by atoms with Gasteiger partial charge in [-0.25, -0.2) is 9.38 Å². The Morgan fingerprint density at radius 1 is 1.14 bits per heavy atom. The largest absolute Gasteiger partial charge is 0.357 e. The Balaban J connectivity index is 1.78. The summed E-state index contributed by atoms with van der Waals surface area (Å²) in [5, 5.41) is 10.1. The highest BCUT2D eigenvalue weighted by atomic mass is 35.5. The van der Waals surface area contributed by atoms with Crippen LogP contribution in [0.5, 0.6) is 0 Å². The second kappa shape index (κ2) is 10.9. The fourth-order valence-corrected chi connectivity index (χ4v) is 2.89. The molecular formula is C19H24Cl2FN5O. The topological polar surface area (TPSA) is 70.5 Å². The lowest BCUT2D eigenvalue weighted by Crippen LogP contribution is -2.41. The molecule has 1 aromatic carbocycles. The molecule has 0 aliphatic heterocycles. The van der Waals surface area contributed by atoms with Gasteiger partial charge in [0.05, 0.1) is 18.0 Å². The third kappa shape index (κ3) is 6.73. The molecule has 9 heteroatoms. The number of halogens is 3. The van der Waals surface area contributed by atoms with Gasteiger partial charge in [0.1, 0.15) is 11.0 Å². The average Bonchev–Trinajstić information content (AvgIpc) is 2.91. The molecule has 6 nitrogen and oxygen atoms in total. The monoisotopic (exact) mass is 427 g/mol. The lowest BCUT2D eigenvalue weighted by Gasteiger charge is -2.12. The standard InChI is InChI=1S/C19H24Cl2FN5O/c1-3-23-19(26-12-15-11-16(20)18(21)27(15)2)25-9-8-24-17(28)10-13-4-6-14(22)7-5-13/h4-7,11H,3,8-10,12H2,1-2H3,(H,24,28)(H2,23,25,26). The van der Waals surface area contributed by atoms with Crippen LogP contribution in [0.2, 0.25) is 10.2 Å².